The highest BCUT2D eigenvalue weighted by Gasteiger charge is 2.34. The predicted molar refractivity (Wildman–Crippen MR) is 87.8 cm³/mol. The Labute approximate surface area is 145 Å². The van der Waals surface area contributed by atoms with Crippen molar-refractivity contribution in [3.8, 4) is 11.8 Å². The van der Waals surface area contributed by atoms with E-state index in [2.05, 4.69) is 10.2 Å². The molecule has 1 unspecified atom stereocenters. The average Bonchev–Trinajstić information content (AvgIpc) is 3.05. The molecule has 1 atom stereocenters. The first-order valence-corrected chi connectivity index (χ1v) is 9.11. The third kappa shape index (κ3) is 3.61. The molecule has 9 heteroatoms. The van der Waals surface area contributed by atoms with E-state index in [4.69, 9.17) is 21.1 Å². The molecule has 0 saturated carbocycles. The Hall–Kier alpha value is -1.90. The number of halogens is 1. The van der Waals surface area contributed by atoms with E-state index >= 15 is 0 Å². The van der Waals surface area contributed by atoms with Gasteiger partial charge in [0, 0.05) is 23.7 Å². The van der Waals surface area contributed by atoms with Crippen molar-refractivity contribution in [1.82, 2.24) is 14.5 Å². The number of hydrogen-bond donors (Lipinski definition) is 0. The first kappa shape index (κ1) is 16.9. The molecule has 1 aromatic heterocycles. The molecule has 0 bridgehead atoms. The maximum Gasteiger partial charge on any atom is 0.243 e. The first-order chi connectivity index (χ1) is 11.5. The Morgan fingerprint density at radius 1 is 1.21 bits per heavy atom. The molecule has 0 N–H and O–H groups in total. The minimum atomic E-state index is -3.58. The molecule has 1 aliphatic heterocycles. The Kier molecular flexibility index (Phi) is 4.88. The van der Waals surface area contributed by atoms with E-state index in [-0.39, 0.29) is 17.5 Å². The summed E-state index contributed by atoms with van der Waals surface area (Å²) in [4.78, 5) is 0.180. The Bertz CT molecular complexity index is 814. The van der Waals surface area contributed by atoms with E-state index in [0.717, 1.165) is 0 Å². The average molecular weight is 370 g/mol. The van der Waals surface area contributed by atoms with Gasteiger partial charge in [-0.3, -0.25) is 0 Å². The zero-order chi connectivity index (χ0) is 17.2. The van der Waals surface area contributed by atoms with Crippen molar-refractivity contribution < 1.29 is 17.9 Å². The van der Waals surface area contributed by atoms with Gasteiger partial charge in [-0.25, -0.2) is 8.42 Å². The zero-order valence-corrected chi connectivity index (χ0v) is 14.5. The summed E-state index contributed by atoms with van der Waals surface area (Å²) in [7, 11) is -2.08. The van der Waals surface area contributed by atoms with Gasteiger partial charge in [0.2, 0.25) is 21.8 Å². The van der Waals surface area contributed by atoms with Gasteiger partial charge in [-0.2, -0.15) is 4.31 Å². The summed E-state index contributed by atoms with van der Waals surface area (Å²) in [6.45, 7) is 0.631. The number of methoxy groups -OCH3 is 1. The Morgan fingerprint density at radius 3 is 2.62 bits per heavy atom. The number of ether oxygens (including phenoxy) is 2. The fraction of sp³-hybridized carbons (Fsp3) is 0.333. The molecule has 2 aromatic rings. The van der Waals surface area contributed by atoms with Crippen LogP contribution in [0.4, 0.5) is 0 Å². The van der Waals surface area contributed by atoms with Crippen LogP contribution in [0.25, 0.3) is 0 Å². The van der Waals surface area contributed by atoms with Gasteiger partial charge in [0.05, 0.1) is 18.6 Å². The van der Waals surface area contributed by atoms with Crippen molar-refractivity contribution in [2.75, 3.05) is 20.2 Å². The third-order valence-electron chi connectivity index (χ3n) is 3.65. The molecule has 1 aliphatic rings. The minimum Gasteiger partial charge on any atom is -0.480 e. The van der Waals surface area contributed by atoms with Crippen LogP contribution in [-0.2, 0) is 10.0 Å². The van der Waals surface area contributed by atoms with Gasteiger partial charge >= 0.3 is 0 Å². The molecule has 2 heterocycles. The van der Waals surface area contributed by atoms with Gasteiger partial charge < -0.3 is 9.47 Å². The lowest BCUT2D eigenvalue weighted by atomic mass is 10.3. The van der Waals surface area contributed by atoms with Crippen LogP contribution in [0.3, 0.4) is 0 Å². The van der Waals surface area contributed by atoms with Crippen LogP contribution in [0.15, 0.2) is 41.3 Å². The maximum absolute atomic E-state index is 12.6. The molecule has 7 nitrogen and oxygen atoms in total. The number of nitrogens with zero attached hydrogens (tertiary/aromatic N) is 3. The summed E-state index contributed by atoms with van der Waals surface area (Å²) in [5.74, 6) is 0.724. The molecule has 0 spiro atoms. The van der Waals surface area contributed by atoms with E-state index in [1.807, 2.05) is 0 Å². The molecule has 0 radical (unpaired) electrons. The fourth-order valence-corrected chi connectivity index (χ4v) is 4.23. The Balaban J connectivity index is 1.68. The van der Waals surface area contributed by atoms with Gasteiger partial charge in [-0.05, 0) is 24.6 Å². The molecule has 1 fully saturated rings. The summed E-state index contributed by atoms with van der Waals surface area (Å²) < 4.78 is 37.3. The highest BCUT2D eigenvalue weighted by atomic mass is 35.5. The molecule has 0 amide bonds. The summed E-state index contributed by atoms with van der Waals surface area (Å²) >= 11 is 5.89. The molecule has 1 aromatic carbocycles. The number of hydrogen-bond acceptors (Lipinski definition) is 6. The monoisotopic (exact) mass is 369 g/mol. The second-order valence-corrected chi connectivity index (χ2v) is 7.64. The highest BCUT2D eigenvalue weighted by molar-refractivity contribution is 7.89. The van der Waals surface area contributed by atoms with Gasteiger partial charge in [0.15, 0.2) is 0 Å². The van der Waals surface area contributed by atoms with Gasteiger partial charge in [-0.15, -0.1) is 10.2 Å². The summed E-state index contributed by atoms with van der Waals surface area (Å²) in [6.07, 6.45) is 0.301. The summed E-state index contributed by atoms with van der Waals surface area (Å²) in [5.41, 5.74) is 0. The van der Waals surface area contributed by atoms with Crippen molar-refractivity contribution in [2.45, 2.75) is 17.4 Å². The first-order valence-electron chi connectivity index (χ1n) is 7.29. The summed E-state index contributed by atoms with van der Waals surface area (Å²) in [6, 6.07) is 9.51. The van der Waals surface area contributed by atoms with Gasteiger partial charge in [-0.1, -0.05) is 17.7 Å². The normalized spacial score (nSPS) is 18.5. The molecule has 128 valence electrons. The van der Waals surface area contributed by atoms with E-state index < -0.39 is 10.0 Å². The molecular formula is C15H16ClN3O4S. The molecule has 3 rings (SSSR count). The fourth-order valence-electron chi connectivity index (χ4n) is 2.44. The van der Waals surface area contributed by atoms with Crippen molar-refractivity contribution in [2.24, 2.45) is 0 Å². The van der Waals surface area contributed by atoms with E-state index in [1.165, 1.54) is 23.5 Å². The van der Waals surface area contributed by atoms with E-state index in [0.29, 0.717) is 29.7 Å². The molecule has 0 aliphatic carbocycles. The van der Waals surface area contributed by atoms with Crippen molar-refractivity contribution in [3.05, 3.63) is 41.4 Å². The van der Waals surface area contributed by atoms with Gasteiger partial charge in [0.25, 0.3) is 0 Å². The SMILES string of the molecule is COc1ccc(OC2CCN(S(=O)(=O)c3cccc(Cl)c3)C2)nn1. The topological polar surface area (TPSA) is 81.6 Å². The lowest BCUT2D eigenvalue weighted by Gasteiger charge is -2.17. The lowest BCUT2D eigenvalue weighted by molar-refractivity contribution is 0.203. The highest BCUT2D eigenvalue weighted by Crippen LogP contribution is 2.25. The van der Waals surface area contributed by atoms with Crippen LogP contribution < -0.4 is 9.47 Å². The third-order valence-corrected chi connectivity index (χ3v) is 5.75. The van der Waals surface area contributed by atoms with Crippen LogP contribution in [0.2, 0.25) is 5.02 Å². The quantitative estimate of drug-likeness (QED) is 0.801. The summed E-state index contributed by atoms with van der Waals surface area (Å²) in [5, 5.41) is 8.09. The smallest absolute Gasteiger partial charge is 0.243 e. The lowest BCUT2D eigenvalue weighted by Crippen LogP contribution is -2.31. The number of sulfonamides is 1. The van der Waals surface area contributed by atoms with Crippen LogP contribution in [-0.4, -0.2) is 49.2 Å². The van der Waals surface area contributed by atoms with Crippen LogP contribution >= 0.6 is 11.6 Å². The van der Waals surface area contributed by atoms with Crippen LogP contribution in [0.5, 0.6) is 11.8 Å². The van der Waals surface area contributed by atoms with Crippen molar-refractivity contribution >= 4 is 21.6 Å². The van der Waals surface area contributed by atoms with Crippen LogP contribution in [0.1, 0.15) is 6.42 Å². The second kappa shape index (κ2) is 6.92. The Morgan fingerprint density at radius 2 is 1.96 bits per heavy atom. The molecule has 1 saturated heterocycles. The number of benzene rings is 1. The predicted octanol–water partition coefficient (Wildman–Crippen LogP) is 1.98. The van der Waals surface area contributed by atoms with Crippen LogP contribution in [0, 0.1) is 0 Å². The van der Waals surface area contributed by atoms with Crippen molar-refractivity contribution in [3.63, 3.8) is 0 Å². The molecule has 24 heavy (non-hydrogen) atoms. The number of rotatable bonds is 5. The van der Waals surface area contributed by atoms with Gasteiger partial charge in [0.1, 0.15) is 6.10 Å². The van der Waals surface area contributed by atoms with E-state index in [1.54, 1.807) is 24.3 Å². The maximum atomic E-state index is 12.6. The van der Waals surface area contributed by atoms with E-state index in [9.17, 15) is 8.42 Å². The number of aromatic nitrogens is 2. The zero-order valence-electron chi connectivity index (χ0n) is 12.9. The largest absolute Gasteiger partial charge is 0.480 e. The minimum absolute atomic E-state index is 0.180. The second-order valence-electron chi connectivity index (χ2n) is 5.26. The standard InChI is InChI=1S/C15H16ClN3O4S/c1-22-14-5-6-15(18-17-14)23-12-7-8-19(10-12)24(20,21)13-4-2-3-11(16)9-13/h2-6,9,12H,7-8,10H2,1H3. The van der Waals surface area contributed by atoms with Crippen molar-refractivity contribution in [1.29, 1.82) is 0 Å². The molecular weight excluding hydrogens is 354 g/mol.